The number of aromatic nitrogens is 2. The summed E-state index contributed by atoms with van der Waals surface area (Å²) in [6, 6.07) is 0. The van der Waals surface area contributed by atoms with E-state index in [1.807, 2.05) is 4.98 Å². The highest BCUT2D eigenvalue weighted by Crippen LogP contribution is 1.99. The van der Waals surface area contributed by atoms with E-state index in [9.17, 15) is 19.7 Å². The van der Waals surface area contributed by atoms with Gasteiger partial charge in [-0.05, 0) is 6.42 Å². The number of hydrogen-bond acceptors (Lipinski definition) is 4. The molecule has 0 bridgehead atoms. The van der Waals surface area contributed by atoms with Crippen molar-refractivity contribution in [3.05, 3.63) is 49.8 Å². The molecule has 1 aromatic rings. The fourth-order valence-corrected chi connectivity index (χ4v) is 1.02. The number of nitrogens with one attached hydrogen (secondary N) is 1. The lowest BCUT2D eigenvalue weighted by Crippen LogP contribution is -2.30. The Hall–Kier alpha value is -2.18. The van der Waals surface area contributed by atoms with Gasteiger partial charge in [-0.2, -0.15) is 0 Å². The van der Waals surface area contributed by atoms with E-state index in [1.165, 1.54) is 0 Å². The van der Waals surface area contributed by atoms with Crippen molar-refractivity contribution in [3.63, 3.8) is 0 Å². The van der Waals surface area contributed by atoms with Gasteiger partial charge in [0.05, 0.1) is 11.1 Å². The molecule has 0 radical (unpaired) electrons. The number of aromatic amines is 1. The van der Waals surface area contributed by atoms with Crippen molar-refractivity contribution < 1.29 is 4.92 Å². The number of nitrogens with zero attached hydrogens (tertiary/aromatic N) is 2. The van der Waals surface area contributed by atoms with Crippen LogP contribution in [0.25, 0.3) is 0 Å². The fourth-order valence-electron chi connectivity index (χ4n) is 1.02. The van der Waals surface area contributed by atoms with Crippen molar-refractivity contribution in [2.75, 3.05) is 0 Å². The lowest BCUT2D eigenvalue weighted by Gasteiger charge is -2.01. The van der Waals surface area contributed by atoms with Crippen LogP contribution in [0.3, 0.4) is 0 Å². The maximum absolute atomic E-state index is 11.2. The molecule has 0 unspecified atom stereocenters. The summed E-state index contributed by atoms with van der Waals surface area (Å²) in [5.74, 6) is 0. The number of H-pyrrole nitrogens is 1. The van der Waals surface area contributed by atoms with Crippen molar-refractivity contribution >= 4 is 5.69 Å². The van der Waals surface area contributed by atoms with Gasteiger partial charge in [0.2, 0.25) is 0 Å². The van der Waals surface area contributed by atoms with Crippen molar-refractivity contribution in [2.24, 2.45) is 0 Å². The SMILES string of the molecule is C=CCCn1cc([N+](=O)[O-])c(=O)[nH]c1=O. The van der Waals surface area contributed by atoms with Crippen LogP contribution in [0.15, 0.2) is 28.4 Å². The zero-order valence-corrected chi connectivity index (χ0v) is 7.80. The Bertz CT molecular complexity index is 499. The molecule has 80 valence electrons. The minimum absolute atomic E-state index is 0.250. The van der Waals surface area contributed by atoms with Crippen LogP contribution >= 0.6 is 0 Å². The number of nitro groups is 1. The molecule has 0 saturated heterocycles. The van der Waals surface area contributed by atoms with E-state index in [2.05, 4.69) is 6.58 Å². The number of hydrogen-bond donors (Lipinski definition) is 1. The molecule has 0 amide bonds. The number of rotatable bonds is 4. The summed E-state index contributed by atoms with van der Waals surface area (Å²) in [5.41, 5.74) is -2.29. The molecule has 1 rings (SSSR count). The van der Waals surface area contributed by atoms with Crippen molar-refractivity contribution in [3.8, 4) is 0 Å². The second kappa shape index (κ2) is 4.36. The second-order valence-corrected chi connectivity index (χ2v) is 2.80. The summed E-state index contributed by atoms with van der Waals surface area (Å²) >= 11 is 0. The maximum atomic E-state index is 11.2. The van der Waals surface area contributed by atoms with Gasteiger partial charge in [-0.3, -0.25) is 24.5 Å². The normalized spacial score (nSPS) is 9.87. The summed E-state index contributed by atoms with van der Waals surface area (Å²) < 4.78 is 1.07. The van der Waals surface area contributed by atoms with Gasteiger partial charge >= 0.3 is 16.9 Å². The Balaban J connectivity index is 3.23. The summed E-state index contributed by atoms with van der Waals surface area (Å²) in [6.07, 6.45) is 3.00. The van der Waals surface area contributed by atoms with Crippen molar-refractivity contribution in [1.82, 2.24) is 9.55 Å². The Kier molecular flexibility index (Phi) is 3.17. The van der Waals surface area contributed by atoms with E-state index in [0.29, 0.717) is 6.42 Å². The van der Waals surface area contributed by atoms with Gasteiger partial charge in [-0.15, -0.1) is 6.58 Å². The average Bonchev–Trinajstić information content (AvgIpc) is 2.16. The zero-order chi connectivity index (χ0) is 11.4. The third-order valence-corrected chi connectivity index (χ3v) is 1.76. The summed E-state index contributed by atoms with van der Waals surface area (Å²) in [4.78, 5) is 33.6. The van der Waals surface area contributed by atoms with E-state index in [0.717, 1.165) is 10.8 Å². The molecule has 0 fully saturated rings. The Labute approximate surface area is 83.8 Å². The molecule has 7 nitrogen and oxygen atoms in total. The third-order valence-electron chi connectivity index (χ3n) is 1.76. The molecule has 0 aliphatic rings. The molecular formula is C8H9N3O4. The highest BCUT2D eigenvalue weighted by atomic mass is 16.6. The van der Waals surface area contributed by atoms with E-state index < -0.39 is 21.9 Å². The van der Waals surface area contributed by atoms with Gasteiger partial charge in [0.15, 0.2) is 0 Å². The van der Waals surface area contributed by atoms with Crippen LogP contribution in [0.2, 0.25) is 0 Å². The van der Waals surface area contributed by atoms with Crippen LogP contribution in [0.1, 0.15) is 6.42 Å². The van der Waals surface area contributed by atoms with E-state index >= 15 is 0 Å². The lowest BCUT2D eigenvalue weighted by atomic mass is 10.4. The number of allylic oxidation sites excluding steroid dienone is 1. The van der Waals surface area contributed by atoms with Gasteiger partial charge < -0.3 is 0 Å². The van der Waals surface area contributed by atoms with Crippen LogP contribution in [0.5, 0.6) is 0 Å². The van der Waals surface area contributed by atoms with Crippen LogP contribution in [-0.2, 0) is 6.54 Å². The number of aryl methyl sites for hydroxylation is 1. The molecule has 15 heavy (non-hydrogen) atoms. The summed E-state index contributed by atoms with van der Waals surface area (Å²) in [7, 11) is 0. The van der Waals surface area contributed by atoms with Crippen LogP contribution < -0.4 is 11.2 Å². The molecule has 0 aliphatic carbocycles. The van der Waals surface area contributed by atoms with Gasteiger partial charge in [-0.1, -0.05) is 6.08 Å². The van der Waals surface area contributed by atoms with Crippen LogP contribution in [0, 0.1) is 10.1 Å². The first-order chi connectivity index (χ1) is 7.06. The maximum Gasteiger partial charge on any atom is 0.350 e. The lowest BCUT2D eigenvalue weighted by molar-refractivity contribution is -0.386. The van der Waals surface area contributed by atoms with Gasteiger partial charge in [0, 0.05) is 6.54 Å². The van der Waals surface area contributed by atoms with Crippen molar-refractivity contribution in [1.29, 1.82) is 0 Å². The Morgan fingerprint density at radius 3 is 2.80 bits per heavy atom. The predicted molar refractivity (Wildman–Crippen MR) is 52.8 cm³/mol. The summed E-state index contributed by atoms with van der Waals surface area (Å²) in [6.45, 7) is 3.71. The first-order valence-corrected chi connectivity index (χ1v) is 4.15. The molecule has 1 heterocycles. The topological polar surface area (TPSA) is 98.0 Å². The van der Waals surface area contributed by atoms with Crippen LogP contribution in [-0.4, -0.2) is 14.5 Å². The first kappa shape index (κ1) is 10.9. The monoisotopic (exact) mass is 211 g/mol. The van der Waals surface area contributed by atoms with E-state index in [-0.39, 0.29) is 6.54 Å². The molecular weight excluding hydrogens is 202 g/mol. The quantitative estimate of drug-likeness (QED) is 0.431. The minimum atomic E-state index is -0.986. The minimum Gasteiger partial charge on any atom is -0.293 e. The second-order valence-electron chi connectivity index (χ2n) is 2.80. The summed E-state index contributed by atoms with van der Waals surface area (Å²) in [5, 5.41) is 10.4. The molecule has 0 spiro atoms. The van der Waals surface area contributed by atoms with Gasteiger partial charge in [-0.25, -0.2) is 4.79 Å². The average molecular weight is 211 g/mol. The fraction of sp³-hybridized carbons (Fsp3) is 0.250. The van der Waals surface area contributed by atoms with E-state index in [1.54, 1.807) is 6.08 Å². The molecule has 1 aromatic heterocycles. The van der Waals surface area contributed by atoms with E-state index in [4.69, 9.17) is 0 Å². The van der Waals surface area contributed by atoms with Gasteiger partial charge in [0.25, 0.3) is 0 Å². The molecule has 0 atom stereocenters. The standard InChI is InChI=1S/C8H9N3O4/c1-2-3-4-10-5-6(11(14)15)7(12)9-8(10)13/h2,5H,1,3-4H2,(H,9,12,13). The Morgan fingerprint density at radius 2 is 2.27 bits per heavy atom. The smallest absolute Gasteiger partial charge is 0.293 e. The highest BCUT2D eigenvalue weighted by Gasteiger charge is 2.14. The molecule has 0 aromatic carbocycles. The van der Waals surface area contributed by atoms with Crippen LogP contribution in [0.4, 0.5) is 5.69 Å². The molecule has 0 saturated carbocycles. The zero-order valence-electron chi connectivity index (χ0n) is 7.80. The first-order valence-electron chi connectivity index (χ1n) is 4.15. The molecule has 7 heteroatoms. The van der Waals surface area contributed by atoms with Gasteiger partial charge in [0.1, 0.15) is 0 Å². The third kappa shape index (κ3) is 2.39. The molecule has 0 aliphatic heterocycles. The predicted octanol–water partition coefficient (Wildman–Crippen LogP) is 0.0209. The van der Waals surface area contributed by atoms with Crippen molar-refractivity contribution in [2.45, 2.75) is 13.0 Å². The highest BCUT2D eigenvalue weighted by molar-refractivity contribution is 5.20. The molecule has 1 N–H and O–H groups in total. The Morgan fingerprint density at radius 1 is 1.60 bits per heavy atom. The largest absolute Gasteiger partial charge is 0.350 e.